The van der Waals surface area contributed by atoms with E-state index in [9.17, 15) is 9.59 Å². The lowest BCUT2D eigenvalue weighted by Crippen LogP contribution is -2.24. The summed E-state index contributed by atoms with van der Waals surface area (Å²) in [6.07, 6.45) is 2.34. The summed E-state index contributed by atoms with van der Waals surface area (Å²) in [4.78, 5) is 26.3. The summed E-state index contributed by atoms with van der Waals surface area (Å²) in [7, 11) is 0. The highest BCUT2D eigenvalue weighted by Gasteiger charge is 2.21. The molecule has 7 heteroatoms. The molecule has 1 fully saturated rings. The topological polar surface area (TPSA) is 67.9 Å². The SMILES string of the molecule is CCCOc1c(Cl)cc(C(=O)NCc2ccc(N3CCCC3=O)cc2)cc1OCC. The molecule has 0 unspecified atom stereocenters. The van der Waals surface area contributed by atoms with Gasteiger partial charge in [0.15, 0.2) is 11.5 Å². The fraction of sp³-hybridized carbons (Fsp3) is 0.391. The summed E-state index contributed by atoms with van der Waals surface area (Å²) < 4.78 is 11.3. The Kier molecular flexibility index (Phi) is 7.57. The second-order valence-electron chi connectivity index (χ2n) is 7.06. The van der Waals surface area contributed by atoms with Gasteiger partial charge in [-0.25, -0.2) is 0 Å². The molecule has 160 valence electrons. The third kappa shape index (κ3) is 5.25. The van der Waals surface area contributed by atoms with Crippen LogP contribution in [0.3, 0.4) is 0 Å². The molecule has 1 aliphatic rings. The number of carbonyl (C=O) groups is 2. The van der Waals surface area contributed by atoms with Crippen molar-refractivity contribution in [1.82, 2.24) is 5.32 Å². The van der Waals surface area contributed by atoms with E-state index in [1.54, 1.807) is 17.0 Å². The van der Waals surface area contributed by atoms with Crippen LogP contribution in [0, 0.1) is 0 Å². The van der Waals surface area contributed by atoms with Gasteiger partial charge in [-0.1, -0.05) is 30.7 Å². The van der Waals surface area contributed by atoms with E-state index in [0.717, 1.165) is 30.6 Å². The molecule has 0 aliphatic carbocycles. The molecule has 2 aromatic rings. The van der Waals surface area contributed by atoms with E-state index in [2.05, 4.69) is 5.32 Å². The van der Waals surface area contributed by atoms with Crippen LogP contribution < -0.4 is 19.7 Å². The smallest absolute Gasteiger partial charge is 0.251 e. The molecule has 2 aromatic carbocycles. The molecule has 30 heavy (non-hydrogen) atoms. The van der Waals surface area contributed by atoms with Crippen molar-refractivity contribution in [3.8, 4) is 11.5 Å². The van der Waals surface area contributed by atoms with Gasteiger partial charge in [0.05, 0.1) is 18.2 Å². The number of halogens is 1. The molecule has 1 heterocycles. The third-order valence-corrected chi connectivity index (χ3v) is 5.08. The molecule has 1 saturated heterocycles. The van der Waals surface area contributed by atoms with E-state index in [4.69, 9.17) is 21.1 Å². The molecule has 1 aliphatic heterocycles. The van der Waals surface area contributed by atoms with Crippen LogP contribution in [0.5, 0.6) is 11.5 Å². The quantitative estimate of drug-likeness (QED) is 0.632. The van der Waals surface area contributed by atoms with Crippen LogP contribution in [0.4, 0.5) is 5.69 Å². The first-order valence-electron chi connectivity index (χ1n) is 10.3. The van der Waals surface area contributed by atoms with Gasteiger partial charge in [0.2, 0.25) is 5.91 Å². The van der Waals surface area contributed by atoms with Gasteiger partial charge in [-0.05, 0) is 49.6 Å². The summed E-state index contributed by atoms with van der Waals surface area (Å²) in [5.41, 5.74) is 2.24. The maximum absolute atomic E-state index is 12.7. The summed E-state index contributed by atoms with van der Waals surface area (Å²) in [6, 6.07) is 10.9. The number of amides is 2. The molecule has 1 N–H and O–H groups in total. The Morgan fingerprint density at radius 2 is 1.93 bits per heavy atom. The monoisotopic (exact) mass is 430 g/mol. The van der Waals surface area contributed by atoms with Crippen molar-refractivity contribution in [2.75, 3.05) is 24.7 Å². The number of nitrogens with zero attached hydrogens (tertiary/aromatic N) is 1. The summed E-state index contributed by atoms with van der Waals surface area (Å²) >= 11 is 6.34. The first-order chi connectivity index (χ1) is 14.5. The van der Waals surface area contributed by atoms with Gasteiger partial charge in [-0.15, -0.1) is 0 Å². The summed E-state index contributed by atoms with van der Waals surface area (Å²) in [6.45, 7) is 5.95. The van der Waals surface area contributed by atoms with Crippen LogP contribution in [0.2, 0.25) is 5.02 Å². The predicted octanol–water partition coefficient (Wildman–Crippen LogP) is 4.58. The highest BCUT2D eigenvalue weighted by molar-refractivity contribution is 6.32. The standard InChI is InChI=1S/C23H27ClN2O4/c1-3-12-30-22-19(24)13-17(14-20(22)29-4-2)23(28)25-15-16-7-9-18(10-8-16)26-11-5-6-21(26)27/h7-10,13-14H,3-6,11-12,15H2,1-2H3,(H,25,28). The minimum absolute atomic E-state index is 0.157. The molecule has 0 radical (unpaired) electrons. The Morgan fingerprint density at radius 1 is 1.17 bits per heavy atom. The van der Waals surface area contributed by atoms with Crippen molar-refractivity contribution >= 4 is 29.1 Å². The fourth-order valence-corrected chi connectivity index (χ4v) is 3.57. The Bertz CT molecular complexity index is 899. The summed E-state index contributed by atoms with van der Waals surface area (Å²) in [5, 5.41) is 3.24. The predicted molar refractivity (Wildman–Crippen MR) is 118 cm³/mol. The van der Waals surface area contributed by atoms with Gasteiger partial charge >= 0.3 is 0 Å². The number of nitrogens with one attached hydrogen (secondary N) is 1. The maximum Gasteiger partial charge on any atom is 0.251 e. The second kappa shape index (κ2) is 10.3. The van der Waals surface area contributed by atoms with E-state index in [-0.39, 0.29) is 11.8 Å². The average molecular weight is 431 g/mol. The van der Waals surface area contributed by atoms with Crippen LogP contribution >= 0.6 is 11.6 Å². The normalized spacial score (nSPS) is 13.4. The van der Waals surface area contributed by atoms with Gasteiger partial charge in [0.25, 0.3) is 5.91 Å². The zero-order valence-electron chi connectivity index (χ0n) is 17.4. The highest BCUT2D eigenvalue weighted by atomic mass is 35.5. The second-order valence-corrected chi connectivity index (χ2v) is 7.47. The largest absolute Gasteiger partial charge is 0.490 e. The molecule has 0 saturated carbocycles. The molecule has 2 amide bonds. The molecule has 0 atom stereocenters. The Hall–Kier alpha value is -2.73. The number of anilines is 1. The van der Waals surface area contributed by atoms with E-state index in [1.807, 2.05) is 38.1 Å². The summed E-state index contributed by atoms with van der Waals surface area (Å²) in [5.74, 6) is 0.829. The number of benzene rings is 2. The van der Waals surface area contributed by atoms with Crippen molar-refractivity contribution in [1.29, 1.82) is 0 Å². The number of hydrogen-bond acceptors (Lipinski definition) is 4. The fourth-order valence-electron chi connectivity index (χ4n) is 3.31. The highest BCUT2D eigenvalue weighted by Crippen LogP contribution is 2.37. The zero-order chi connectivity index (χ0) is 21.5. The molecule has 6 nitrogen and oxygen atoms in total. The van der Waals surface area contributed by atoms with Crippen molar-refractivity contribution < 1.29 is 19.1 Å². The first-order valence-corrected chi connectivity index (χ1v) is 10.7. The van der Waals surface area contributed by atoms with Crippen LogP contribution in [-0.2, 0) is 11.3 Å². The number of hydrogen-bond donors (Lipinski definition) is 1. The van der Waals surface area contributed by atoms with Crippen molar-refractivity contribution in [2.45, 2.75) is 39.7 Å². The minimum atomic E-state index is -0.251. The van der Waals surface area contributed by atoms with E-state index in [1.165, 1.54) is 0 Å². The Morgan fingerprint density at radius 3 is 2.57 bits per heavy atom. The number of carbonyl (C=O) groups excluding carboxylic acids is 2. The molecule has 3 rings (SSSR count). The van der Waals surface area contributed by atoms with Crippen molar-refractivity contribution in [3.05, 3.63) is 52.5 Å². The lowest BCUT2D eigenvalue weighted by Gasteiger charge is -2.16. The van der Waals surface area contributed by atoms with E-state index >= 15 is 0 Å². The van der Waals surface area contributed by atoms with Crippen LogP contribution in [0.15, 0.2) is 36.4 Å². The zero-order valence-corrected chi connectivity index (χ0v) is 18.1. The molecule has 0 aromatic heterocycles. The molecular weight excluding hydrogens is 404 g/mol. The Labute approximate surface area is 182 Å². The average Bonchev–Trinajstić information content (AvgIpc) is 3.17. The van der Waals surface area contributed by atoms with Gasteiger partial charge in [0, 0.05) is 30.8 Å². The minimum Gasteiger partial charge on any atom is -0.490 e. The van der Waals surface area contributed by atoms with Gasteiger partial charge < -0.3 is 19.7 Å². The number of rotatable bonds is 9. The van der Waals surface area contributed by atoms with Crippen LogP contribution in [0.1, 0.15) is 49.0 Å². The van der Waals surface area contributed by atoms with Gasteiger partial charge in [-0.2, -0.15) is 0 Å². The van der Waals surface area contributed by atoms with Crippen molar-refractivity contribution in [2.24, 2.45) is 0 Å². The van der Waals surface area contributed by atoms with Gasteiger partial charge in [-0.3, -0.25) is 9.59 Å². The molecular formula is C23H27ClN2O4. The molecule has 0 spiro atoms. The van der Waals surface area contributed by atoms with Crippen LogP contribution in [-0.4, -0.2) is 31.6 Å². The van der Waals surface area contributed by atoms with E-state index < -0.39 is 0 Å². The Balaban J connectivity index is 1.66. The lowest BCUT2D eigenvalue weighted by atomic mass is 10.1. The lowest BCUT2D eigenvalue weighted by molar-refractivity contribution is -0.117. The van der Waals surface area contributed by atoms with Crippen molar-refractivity contribution in [3.63, 3.8) is 0 Å². The first kappa shape index (κ1) is 22.0. The molecule has 0 bridgehead atoms. The van der Waals surface area contributed by atoms with Gasteiger partial charge in [0.1, 0.15) is 0 Å². The third-order valence-electron chi connectivity index (χ3n) is 4.80. The number of ether oxygens (including phenoxy) is 2. The van der Waals surface area contributed by atoms with E-state index in [0.29, 0.717) is 48.3 Å². The maximum atomic E-state index is 12.7. The van der Waals surface area contributed by atoms with Crippen LogP contribution in [0.25, 0.3) is 0 Å².